The van der Waals surface area contributed by atoms with Gasteiger partial charge in [0.1, 0.15) is 0 Å². The SMILES string of the molecule is Cc1ccc(CNS(=O)(=O)c2ccc3c(c2)sc(=O)n3C(C)C)cc1. The van der Waals surface area contributed by atoms with Gasteiger partial charge in [-0.05, 0) is 44.5 Å². The number of benzene rings is 2. The van der Waals surface area contributed by atoms with Crippen molar-refractivity contribution in [3.8, 4) is 0 Å². The summed E-state index contributed by atoms with van der Waals surface area (Å²) in [5.41, 5.74) is 2.79. The molecule has 0 bridgehead atoms. The van der Waals surface area contributed by atoms with E-state index in [0.717, 1.165) is 28.0 Å². The van der Waals surface area contributed by atoms with Gasteiger partial charge in [0.2, 0.25) is 10.0 Å². The van der Waals surface area contributed by atoms with Crippen molar-refractivity contribution in [2.24, 2.45) is 0 Å². The highest BCUT2D eigenvalue weighted by Gasteiger charge is 2.17. The molecule has 3 aromatic rings. The number of thiazole rings is 1. The number of aryl methyl sites for hydroxylation is 1. The predicted molar refractivity (Wildman–Crippen MR) is 102 cm³/mol. The predicted octanol–water partition coefficient (Wildman–Crippen LogP) is 3.43. The first-order valence-corrected chi connectivity index (χ1v) is 10.3. The minimum absolute atomic E-state index is 0.0309. The Kier molecular flexibility index (Phi) is 4.81. The molecular weight excluding hydrogens is 356 g/mol. The molecule has 0 aliphatic carbocycles. The number of hydrogen-bond acceptors (Lipinski definition) is 4. The maximum Gasteiger partial charge on any atom is 0.308 e. The minimum atomic E-state index is -3.64. The van der Waals surface area contributed by atoms with Crippen LogP contribution in [0.5, 0.6) is 0 Å². The topological polar surface area (TPSA) is 68.2 Å². The Morgan fingerprint density at radius 1 is 1.12 bits per heavy atom. The Balaban J connectivity index is 1.89. The first kappa shape index (κ1) is 17.8. The Morgan fingerprint density at radius 3 is 2.44 bits per heavy atom. The fourth-order valence-electron chi connectivity index (χ4n) is 2.64. The van der Waals surface area contributed by atoms with Gasteiger partial charge < -0.3 is 0 Å². The largest absolute Gasteiger partial charge is 0.308 e. The summed E-state index contributed by atoms with van der Waals surface area (Å²) < 4.78 is 30.1. The van der Waals surface area contributed by atoms with E-state index < -0.39 is 10.0 Å². The minimum Gasteiger partial charge on any atom is -0.296 e. The lowest BCUT2D eigenvalue weighted by molar-refractivity contribution is 0.581. The van der Waals surface area contributed by atoms with Crippen molar-refractivity contribution in [2.75, 3.05) is 0 Å². The lowest BCUT2D eigenvalue weighted by atomic mass is 10.2. The second kappa shape index (κ2) is 6.74. The van der Waals surface area contributed by atoms with Crippen LogP contribution in [-0.4, -0.2) is 13.0 Å². The van der Waals surface area contributed by atoms with Gasteiger partial charge in [0.25, 0.3) is 0 Å². The third kappa shape index (κ3) is 3.68. The van der Waals surface area contributed by atoms with Crippen LogP contribution in [0.2, 0.25) is 0 Å². The van der Waals surface area contributed by atoms with Crippen LogP contribution in [0.25, 0.3) is 10.2 Å². The smallest absolute Gasteiger partial charge is 0.296 e. The summed E-state index contributed by atoms with van der Waals surface area (Å²) in [6, 6.07) is 12.5. The molecule has 132 valence electrons. The van der Waals surface area contributed by atoms with Crippen LogP contribution in [-0.2, 0) is 16.6 Å². The number of sulfonamides is 1. The Morgan fingerprint density at radius 2 is 1.80 bits per heavy atom. The van der Waals surface area contributed by atoms with Crippen molar-refractivity contribution in [1.82, 2.24) is 9.29 Å². The van der Waals surface area contributed by atoms with Crippen molar-refractivity contribution < 1.29 is 8.42 Å². The van der Waals surface area contributed by atoms with E-state index in [0.29, 0.717) is 4.70 Å². The Hall–Kier alpha value is -1.96. The van der Waals surface area contributed by atoms with Gasteiger partial charge in [-0.15, -0.1) is 0 Å². The van der Waals surface area contributed by atoms with Gasteiger partial charge in [0.05, 0.1) is 15.1 Å². The zero-order chi connectivity index (χ0) is 18.2. The van der Waals surface area contributed by atoms with E-state index >= 15 is 0 Å². The lowest BCUT2D eigenvalue weighted by Gasteiger charge is -2.09. The van der Waals surface area contributed by atoms with E-state index in [9.17, 15) is 13.2 Å². The summed E-state index contributed by atoms with van der Waals surface area (Å²) in [4.78, 5) is 12.2. The first-order valence-electron chi connectivity index (χ1n) is 7.98. The van der Waals surface area contributed by atoms with Gasteiger partial charge in [-0.25, -0.2) is 13.1 Å². The van der Waals surface area contributed by atoms with Crippen molar-refractivity contribution in [3.63, 3.8) is 0 Å². The van der Waals surface area contributed by atoms with Crippen LogP contribution in [0.15, 0.2) is 52.2 Å². The molecule has 3 rings (SSSR count). The molecule has 7 heteroatoms. The van der Waals surface area contributed by atoms with E-state index in [1.165, 1.54) is 0 Å². The molecule has 0 radical (unpaired) electrons. The number of fused-ring (bicyclic) bond motifs is 1. The lowest BCUT2D eigenvalue weighted by Crippen LogP contribution is -2.23. The van der Waals surface area contributed by atoms with Crippen molar-refractivity contribution in [1.29, 1.82) is 0 Å². The standard InChI is InChI=1S/C18H20N2O3S2/c1-12(2)20-16-9-8-15(10-17(16)24-18(20)21)25(22,23)19-11-14-6-4-13(3)5-7-14/h4-10,12,19H,11H2,1-3H3. The Labute approximate surface area is 151 Å². The van der Waals surface area contributed by atoms with Crippen LogP contribution < -0.4 is 9.60 Å². The molecule has 0 aliphatic heterocycles. The van der Waals surface area contributed by atoms with Gasteiger partial charge >= 0.3 is 4.87 Å². The highest BCUT2D eigenvalue weighted by Crippen LogP contribution is 2.24. The van der Waals surface area contributed by atoms with Crippen molar-refractivity contribution in [2.45, 2.75) is 38.3 Å². The quantitative estimate of drug-likeness (QED) is 0.742. The summed E-state index contributed by atoms with van der Waals surface area (Å²) in [7, 11) is -3.64. The number of aromatic nitrogens is 1. The van der Waals surface area contributed by atoms with E-state index in [2.05, 4.69) is 4.72 Å². The third-order valence-electron chi connectivity index (χ3n) is 4.00. The number of nitrogens with one attached hydrogen (secondary N) is 1. The molecule has 1 N–H and O–H groups in total. The molecule has 0 amide bonds. The van der Waals surface area contributed by atoms with E-state index in [1.54, 1.807) is 22.8 Å². The van der Waals surface area contributed by atoms with Crippen molar-refractivity contribution in [3.05, 3.63) is 63.3 Å². The maximum atomic E-state index is 12.6. The number of hydrogen-bond donors (Lipinski definition) is 1. The molecule has 2 aromatic carbocycles. The normalized spacial score (nSPS) is 12.2. The summed E-state index contributed by atoms with van der Waals surface area (Å²) >= 11 is 1.07. The van der Waals surface area contributed by atoms with Gasteiger partial charge in [0.15, 0.2) is 0 Å². The van der Waals surface area contributed by atoms with Crippen LogP contribution in [0.3, 0.4) is 0 Å². The van der Waals surface area contributed by atoms with Crippen LogP contribution in [0.1, 0.15) is 31.0 Å². The molecule has 0 saturated heterocycles. The molecule has 0 aliphatic rings. The average molecular weight is 377 g/mol. The highest BCUT2D eigenvalue weighted by atomic mass is 32.2. The summed E-state index contributed by atoms with van der Waals surface area (Å²) in [5, 5.41) is 0. The molecule has 1 heterocycles. The summed E-state index contributed by atoms with van der Waals surface area (Å²) in [6.45, 7) is 6.07. The molecule has 0 spiro atoms. The number of rotatable bonds is 5. The molecule has 0 fully saturated rings. The zero-order valence-corrected chi connectivity index (χ0v) is 15.9. The molecule has 0 unspecified atom stereocenters. The van der Waals surface area contributed by atoms with E-state index in [4.69, 9.17) is 0 Å². The second-order valence-corrected chi connectivity index (χ2v) is 9.03. The third-order valence-corrected chi connectivity index (χ3v) is 6.32. The average Bonchev–Trinajstić information content (AvgIpc) is 2.89. The highest BCUT2D eigenvalue weighted by molar-refractivity contribution is 7.89. The number of nitrogens with zero attached hydrogens (tertiary/aromatic N) is 1. The molecule has 5 nitrogen and oxygen atoms in total. The maximum absolute atomic E-state index is 12.6. The van der Waals surface area contributed by atoms with Gasteiger partial charge in [-0.1, -0.05) is 41.2 Å². The molecule has 0 saturated carbocycles. The van der Waals surface area contributed by atoms with E-state index in [1.807, 2.05) is 45.0 Å². The molecule has 25 heavy (non-hydrogen) atoms. The Bertz CT molecular complexity index is 1060. The monoisotopic (exact) mass is 376 g/mol. The van der Waals surface area contributed by atoms with E-state index in [-0.39, 0.29) is 22.4 Å². The fourth-order valence-corrected chi connectivity index (χ4v) is 4.81. The molecular formula is C18H20N2O3S2. The molecule has 0 atom stereocenters. The second-order valence-electron chi connectivity index (χ2n) is 6.27. The summed E-state index contributed by atoms with van der Waals surface area (Å²) in [5.74, 6) is 0. The van der Waals surface area contributed by atoms with Crippen LogP contribution in [0.4, 0.5) is 0 Å². The van der Waals surface area contributed by atoms with Gasteiger partial charge in [-0.2, -0.15) is 0 Å². The summed E-state index contributed by atoms with van der Waals surface area (Å²) in [6.07, 6.45) is 0. The zero-order valence-electron chi connectivity index (χ0n) is 14.3. The van der Waals surface area contributed by atoms with Gasteiger partial charge in [-0.3, -0.25) is 9.36 Å². The van der Waals surface area contributed by atoms with Gasteiger partial charge in [0, 0.05) is 12.6 Å². The first-order chi connectivity index (χ1) is 11.8. The fraction of sp³-hybridized carbons (Fsp3) is 0.278. The molecule has 1 aromatic heterocycles. The van der Waals surface area contributed by atoms with Crippen LogP contribution in [0, 0.1) is 6.92 Å². The van der Waals surface area contributed by atoms with Crippen molar-refractivity contribution >= 4 is 31.6 Å². The van der Waals surface area contributed by atoms with Crippen LogP contribution >= 0.6 is 11.3 Å².